The number of amides is 2. The molecule has 2 fully saturated rings. The predicted octanol–water partition coefficient (Wildman–Crippen LogP) is 0.523. The lowest BCUT2D eigenvalue weighted by atomic mass is 9.85. The zero-order chi connectivity index (χ0) is 10.8. The van der Waals surface area contributed by atoms with Crippen LogP contribution in [0.2, 0.25) is 0 Å². The number of hydrogen-bond donors (Lipinski definition) is 1. The van der Waals surface area contributed by atoms with E-state index in [0.717, 1.165) is 6.54 Å². The molecule has 2 amide bonds. The molecule has 2 aliphatic rings. The molecule has 1 heterocycles. The van der Waals surface area contributed by atoms with Crippen LogP contribution < -0.4 is 5.32 Å². The van der Waals surface area contributed by atoms with Crippen molar-refractivity contribution in [1.82, 2.24) is 10.2 Å². The second-order valence-corrected chi connectivity index (χ2v) is 4.54. The number of carbonyl (C=O) groups is 2. The highest BCUT2D eigenvalue weighted by atomic mass is 16.2. The second kappa shape index (κ2) is 4.21. The molecule has 0 aromatic rings. The fourth-order valence-corrected chi connectivity index (χ4v) is 2.19. The van der Waals surface area contributed by atoms with Gasteiger partial charge in [-0.3, -0.25) is 9.59 Å². The molecule has 4 nitrogen and oxygen atoms in total. The van der Waals surface area contributed by atoms with Gasteiger partial charge in [0.1, 0.15) is 6.04 Å². The van der Waals surface area contributed by atoms with Crippen molar-refractivity contribution in [3.63, 3.8) is 0 Å². The largest absolute Gasteiger partial charge is 0.343 e. The topological polar surface area (TPSA) is 49.4 Å². The lowest BCUT2D eigenvalue weighted by Gasteiger charge is -2.37. The van der Waals surface area contributed by atoms with E-state index in [4.69, 9.17) is 0 Å². The van der Waals surface area contributed by atoms with E-state index < -0.39 is 0 Å². The first-order chi connectivity index (χ1) is 7.20. The summed E-state index contributed by atoms with van der Waals surface area (Å²) >= 11 is 0. The smallest absolute Gasteiger partial charge is 0.245 e. The van der Waals surface area contributed by atoms with Gasteiger partial charge >= 0.3 is 0 Å². The number of nitrogens with one attached hydrogen (secondary N) is 1. The van der Waals surface area contributed by atoms with Crippen molar-refractivity contribution in [2.45, 2.75) is 38.6 Å². The van der Waals surface area contributed by atoms with Gasteiger partial charge in [0.25, 0.3) is 0 Å². The summed E-state index contributed by atoms with van der Waals surface area (Å²) in [4.78, 5) is 25.0. The molecule has 1 saturated carbocycles. The maximum atomic E-state index is 11.9. The molecular formula is C11H18N2O2. The van der Waals surface area contributed by atoms with Gasteiger partial charge < -0.3 is 10.2 Å². The SMILES string of the molecule is CCC1NC(=O)CN(CC2CCC2)C1=O. The Morgan fingerprint density at radius 1 is 1.40 bits per heavy atom. The van der Waals surface area contributed by atoms with Crippen LogP contribution >= 0.6 is 0 Å². The summed E-state index contributed by atoms with van der Waals surface area (Å²) < 4.78 is 0. The van der Waals surface area contributed by atoms with Gasteiger partial charge in [-0.25, -0.2) is 0 Å². The van der Waals surface area contributed by atoms with Gasteiger partial charge in [0.2, 0.25) is 11.8 Å². The fraction of sp³-hybridized carbons (Fsp3) is 0.818. The Morgan fingerprint density at radius 3 is 2.67 bits per heavy atom. The van der Waals surface area contributed by atoms with Crippen molar-refractivity contribution in [2.24, 2.45) is 5.92 Å². The molecule has 1 unspecified atom stereocenters. The van der Waals surface area contributed by atoms with Gasteiger partial charge in [-0.1, -0.05) is 13.3 Å². The highest BCUT2D eigenvalue weighted by Gasteiger charge is 2.33. The van der Waals surface area contributed by atoms with E-state index in [9.17, 15) is 9.59 Å². The maximum Gasteiger partial charge on any atom is 0.245 e. The van der Waals surface area contributed by atoms with Gasteiger partial charge in [-0.15, -0.1) is 0 Å². The number of carbonyl (C=O) groups excluding carboxylic acids is 2. The zero-order valence-corrected chi connectivity index (χ0v) is 9.16. The summed E-state index contributed by atoms with van der Waals surface area (Å²) in [7, 11) is 0. The monoisotopic (exact) mass is 210 g/mol. The molecule has 2 rings (SSSR count). The first-order valence-electron chi connectivity index (χ1n) is 5.79. The van der Waals surface area contributed by atoms with Crippen LogP contribution in [0.1, 0.15) is 32.6 Å². The van der Waals surface area contributed by atoms with Crippen molar-refractivity contribution in [1.29, 1.82) is 0 Å². The zero-order valence-electron chi connectivity index (χ0n) is 9.16. The lowest BCUT2D eigenvalue weighted by molar-refractivity contribution is -0.145. The molecular weight excluding hydrogens is 192 g/mol. The summed E-state index contributed by atoms with van der Waals surface area (Å²) in [5, 5.41) is 2.72. The number of hydrogen-bond acceptors (Lipinski definition) is 2. The molecule has 0 radical (unpaired) electrons. The quantitative estimate of drug-likeness (QED) is 0.738. The average Bonchev–Trinajstić information content (AvgIpc) is 2.16. The summed E-state index contributed by atoms with van der Waals surface area (Å²) in [5.74, 6) is 0.724. The predicted molar refractivity (Wildman–Crippen MR) is 56.1 cm³/mol. The summed E-state index contributed by atoms with van der Waals surface area (Å²) in [5.41, 5.74) is 0. The molecule has 1 atom stereocenters. The molecule has 1 N–H and O–H groups in total. The molecule has 4 heteroatoms. The second-order valence-electron chi connectivity index (χ2n) is 4.54. The average molecular weight is 210 g/mol. The van der Waals surface area contributed by atoms with E-state index in [2.05, 4.69) is 5.32 Å². The van der Waals surface area contributed by atoms with E-state index in [1.54, 1.807) is 4.90 Å². The van der Waals surface area contributed by atoms with Crippen molar-refractivity contribution in [3.8, 4) is 0 Å². The van der Waals surface area contributed by atoms with Crippen LogP contribution in [0.4, 0.5) is 0 Å². The van der Waals surface area contributed by atoms with E-state index >= 15 is 0 Å². The molecule has 0 aromatic carbocycles. The minimum Gasteiger partial charge on any atom is -0.343 e. The van der Waals surface area contributed by atoms with Crippen molar-refractivity contribution in [2.75, 3.05) is 13.1 Å². The number of nitrogens with zero attached hydrogens (tertiary/aromatic N) is 1. The number of piperazine rings is 1. The van der Waals surface area contributed by atoms with Gasteiger partial charge in [-0.05, 0) is 25.2 Å². The Morgan fingerprint density at radius 2 is 2.13 bits per heavy atom. The van der Waals surface area contributed by atoms with E-state index in [1.807, 2.05) is 6.92 Å². The molecule has 0 aromatic heterocycles. The van der Waals surface area contributed by atoms with Gasteiger partial charge in [0.05, 0.1) is 6.54 Å². The molecule has 0 bridgehead atoms. The molecule has 84 valence electrons. The highest BCUT2D eigenvalue weighted by Crippen LogP contribution is 2.27. The van der Waals surface area contributed by atoms with E-state index in [-0.39, 0.29) is 24.4 Å². The molecule has 1 saturated heterocycles. The van der Waals surface area contributed by atoms with Crippen molar-refractivity contribution < 1.29 is 9.59 Å². The first-order valence-corrected chi connectivity index (χ1v) is 5.79. The molecule has 15 heavy (non-hydrogen) atoms. The van der Waals surface area contributed by atoms with Gasteiger partial charge in [0.15, 0.2) is 0 Å². The standard InChI is InChI=1S/C11H18N2O2/c1-2-9-11(15)13(7-10(14)12-9)6-8-4-3-5-8/h8-9H,2-7H2,1H3,(H,12,14). The van der Waals surface area contributed by atoms with Gasteiger partial charge in [-0.2, -0.15) is 0 Å². The van der Waals surface area contributed by atoms with Crippen LogP contribution in [0, 0.1) is 5.92 Å². The maximum absolute atomic E-state index is 11.9. The lowest BCUT2D eigenvalue weighted by Crippen LogP contribution is -2.58. The Labute approximate surface area is 90.0 Å². The summed E-state index contributed by atoms with van der Waals surface area (Å²) in [6.07, 6.45) is 4.38. The van der Waals surface area contributed by atoms with E-state index in [1.165, 1.54) is 19.3 Å². The van der Waals surface area contributed by atoms with Crippen LogP contribution in [-0.4, -0.2) is 35.8 Å². The third-order valence-corrected chi connectivity index (χ3v) is 3.39. The van der Waals surface area contributed by atoms with Crippen LogP contribution in [0.5, 0.6) is 0 Å². The molecule has 1 aliphatic heterocycles. The molecule has 1 aliphatic carbocycles. The fourth-order valence-electron chi connectivity index (χ4n) is 2.19. The summed E-state index contributed by atoms with van der Waals surface area (Å²) in [6.45, 7) is 2.96. The third-order valence-electron chi connectivity index (χ3n) is 3.39. The number of rotatable bonds is 3. The Bertz CT molecular complexity index is 274. The Kier molecular flexibility index (Phi) is 2.93. The normalized spacial score (nSPS) is 27.5. The van der Waals surface area contributed by atoms with Crippen LogP contribution in [0.15, 0.2) is 0 Å². The summed E-state index contributed by atoms with van der Waals surface area (Å²) in [6, 6.07) is -0.286. The van der Waals surface area contributed by atoms with Gasteiger partial charge in [0, 0.05) is 6.54 Å². The third kappa shape index (κ3) is 2.13. The minimum atomic E-state index is -0.286. The van der Waals surface area contributed by atoms with Crippen LogP contribution in [-0.2, 0) is 9.59 Å². The highest BCUT2D eigenvalue weighted by molar-refractivity contribution is 5.94. The van der Waals surface area contributed by atoms with Crippen molar-refractivity contribution in [3.05, 3.63) is 0 Å². The Hall–Kier alpha value is -1.06. The van der Waals surface area contributed by atoms with E-state index in [0.29, 0.717) is 12.3 Å². The van der Waals surface area contributed by atoms with Crippen LogP contribution in [0.25, 0.3) is 0 Å². The van der Waals surface area contributed by atoms with Crippen LogP contribution in [0.3, 0.4) is 0 Å². The van der Waals surface area contributed by atoms with Crippen molar-refractivity contribution >= 4 is 11.8 Å². The minimum absolute atomic E-state index is 0.0132. The molecule has 0 spiro atoms. The Balaban J connectivity index is 1.95. The first kappa shape index (κ1) is 10.5.